The second kappa shape index (κ2) is 4.86. The third kappa shape index (κ3) is 2.57. The summed E-state index contributed by atoms with van der Waals surface area (Å²) in [5, 5.41) is 0.497. The van der Waals surface area contributed by atoms with Crippen molar-refractivity contribution < 1.29 is 9.13 Å². The van der Waals surface area contributed by atoms with Crippen molar-refractivity contribution in [3.05, 3.63) is 52.3 Å². The Labute approximate surface area is 110 Å². The Bertz CT molecular complexity index is 599. The largest absolute Gasteiger partial charge is 0.454 e. The Morgan fingerprint density at radius 1 is 1.11 bits per heavy atom. The van der Waals surface area contributed by atoms with E-state index in [0.717, 1.165) is 5.56 Å². The minimum Gasteiger partial charge on any atom is -0.454 e. The summed E-state index contributed by atoms with van der Waals surface area (Å²) in [5.41, 5.74) is 7.47. The Morgan fingerprint density at radius 3 is 2.50 bits per heavy atom. The van der Waals surface area contributed by atoms with Crippen molar-refractivity contribution in [3.63, 3.8) is 0 Å². The zero-order valence-corrected chi connectivity index (χ0v) is 10.9. The first-order valence-corrected chi connectivity index (χ1v) is 5.85. The van der Waals surface area contributed by atoms with Gasteiger partial charge >= 0.3 is 0 Å². The fraction of sp³-hybridized carbons (Fsp3) is 0.143. The van der Waals surface area contributed by atoms with Crippen LogP contribution in [0.1, 0.15) is 11.1 Å². The van der Waals surface area contributed by atoms with Crippen molar-refractivity contribution in [3.8, 4) is 11.5 Å². The van der Waals surface area contributed by atoms with Crippen LogP contribution in [0.5, 0.6) is 11.5 Å². The summed E-state index contributed by atoms with van der Waals surface area (Å²) < 4.78 is 18.9. The molecule has 2 N–H and O–H groups in total. The molecule has 0 unspecified atom stereocenters. The molecule has 0 bridgehead atoms. The highest BCUT2D eigenvalue weighted by atomic mass is 35.5. The molecule has 0 atom stereocenters. The lowest BCUT2D eigenvalue weighted by molar-refractivity contribution is 0.482. The molecule has 0 saturated heterocycles. The first kappa shape index (κ1) is 12.7. The van der Waals surface area contributed by atoms with Gasteiger partial charge in [-0.25, -0.2) is 4.39 Å². The summed E-state index contributed by atoms with van der Waals surface area (Å²) >= 11 is 6.06. The molecule has 0 saturated carbocycles. The molecule has 2 nitrogen and oxygen atoms in total. The molecule has 0 amide bonds. The van der Waals surface area contributed by atoms with Crippen LogP contribution in [0.2, 0.25) is 5.02 Å². The summed E-state index contributed by atoms with van der Waals surface area (Å²) in [4.78, 5) is 0. The van der Waals surface area contributed by atoms with E-state index >= 15 is 0 Å². The highest BCUT2D eigenvalue weighted by Crippen LogP contribution is 2.34. The molecule has 0 aliphatic carbocycles. The fourth-order valence-corrected chi connectivity index (χ4v) is 1.84. The van der Waals surface area contributed by atoms with Crippen molar-refractivity contribution in [2.45, 2.75) is 13.8 Å². The van der Waals surface area contributed by atoms with Crippen LogP contribution < -0.4 is 10.5 Å². The molecule has 0 aliphatic rings. The highest BCUT2D eigenvalue weighted by molar-refractivity contribution is 6.32. The van der Waals surface area contributed by atoms with Crippen LogP contribution in [0, 0.1) is 19.7 Å². The van der Waals surface area contributed by atoms with Crippen molar-refractivity contribution in [1.82, 2.24) is 0 Å². The molecule has 0 heterocycles. The van der Waals surface area contributed by atoms with E-state index in [9.17, 15) is 4.39 Å². The standard InChI is InChI=1S/C14H13ClFNO/c1-8-3-4-13(10(15)5-8)18-14-6-9(2)11(16)7-12(14)17/h3-7H,17H2,1-2H3. The Kier molecular flexibility index (Phi) is 3.43. The van der Waals surface area contributed by atoms with Crippen LogP contribution in [-0.2, 0) is 0 Å². The van der Waals surface area contributed by atoms with Crippen LogP contribution >= 0.6 is 11.6 Å². The summed E-state index contributed by atoms with van der Waals surface area (Å²) in [6.07, 6.45) is 0. The van der Waals surface area contributed by atoms with E-state index in [1.54, 1.807) is 25.1 Å². The lowest BCUT2D eigenvalue weighted by atomic mass is 10.2. The normalized spacial score (nSPS) is 10.4. The van der Waals surface area contributed by atoms with E-state index in [2.05, 4.69) is 0 Å². The van der Waals surface area contributed by atoms with E-state index < -0.39 is 0 Å². The van der Waals surface area contributed by atoms with Crippen molar-refractivity contribution in [1.29, 1.82) is 0 Å². The molecule has 0 spiro atoms. The number of rotatable bonds is 2. The first-order chi connectivity index (χ1) is 8.47. The zero-order valence-electron chi connectivity index (χ0n) is 10.1. The smallest absolute Gasteiger partial charge is 0.150 e. The molecule has 0 aliphatic heterocycles. The van der Waals surface area contributed by atoms with Gasteiger partial charge in [0.25, 0.3) is 0 Å². The van der Waals surface area contributed by atoms with Crippen LogP contribution in [0.15, 0.2) is 30.3 Å². The second-order valence-corrected chi connectivity index (χ2v) is 4.58. The van der Waals surface area contributed by atoms with E-state index in [1.165, 1.54) is 6.07 Å². The monoisotopic (exact) mass is 265 g/mol. The number of benzene rings is 2. The van der Waals surface area contributed by atoms with Gasteiger partial charge in [-0.1, -0.05) is 17.7 Å². The maximum Gasteiger partial charge on any atom is 0.150 e. The average Bonchev–Trinajstić information content (AvgIpc) is 2.29. The number of halogens is 2. The van der Waals surface area contributed by atoms with Crippen LogP contribution in [0.4, 0.5) is 10.1 Å². The van der Waals surface area contributed by atoms with Gasteiger partial charge in [0.1, 0.15) is 11.6 Å². The number of nitrogens with two attached hydrogens (primary N) is 1. The predicted molar refractivity (Wildman–Crippen MR) is 71.8 cm³/mol. The summed E-state index contributed by atoms with van der Waals surface area (Å²) in [6, 6.07) is 8.24. The number of anilines is 1. The number of nitrogen functional groups attached to an aromatic ring is 1. The van der Waals surface area contributed by atoms with Gasteiger partial charge in [-0.3, -0.25) is 0 Å². The van der Waals surface area contributed by atoms with Crippen LogP contribution in [-0.4, -0.2) is 0 Å². The minimum atomic E-state index is -0.352. The van der Waals surface area contributed by atoms with Gasteiger partial charge in [0, 0.05) is 6.07 Å². The number of ether oxygens (including phenoxy) is 1. The van der Waals surface area contributed by atoms with E-state index in [0.29, 0.717) is 22.1 Å². The SMILES string of the molecule is Cc1ccc(Oc2cc(C)c(F)cc2N)c(Cl)c1. The summed E-state index contributed by atoms with van der Waals surface area (Å²) in [5.74, 6) is 0.550. The molecule has 94 valence electrons. The maximum atomic E-state index is 13.3. The van der Waals surface area contributed by atoms with E-state index in [-0.39, 0.29) is 11.5 Å². The minimum absolute atomic E-state index is 0.245. The number of aryl methyl sites for hydroxylation is 2. The van der Waals surface area contributed by atoms with Crippen molar-refractivity contribution in [2.24, 2.45) is 0 Å². The molecular weight excluding hydrogens is 253 g/mol. The average molecular weight is 266 g/mol. The molecule has 2 aromatic rings. The van der Waals surface area contributed by atoms with Gasteiger partial charge < -0.3 is 10.5 Å². The van der Waals surface area contributed by atoms with Gasteiger partial charge in [-0.05, 0) is 43.2 Å². The third-order valence-electron chi connectivity index (χ3n) is 2.60. The Balaban J connectivity index is 2.37. The Hall–Kier alpha value is -1.74. The highest BCUT2D eigenvalue weighted by Gasteiger charge is 2.09. The summed E-state index contributed by atoms with van der Waals surface area (Å²) in [7, 11) is 0. The van der Waals surface area contributed by atoms with Crippen molar-refractivity contribution in [2.75, 3.05) is 5.73 Å². The summed E-state index contributed by atoms with van der Waals surface area (Å²) in [6.45, 7) is 3.59. The van der Waals surface area contributed by atoms with Gasteiger partial charge in [-0.2, -0.15) is 0 Å². The van der Waals surface area contributed by atoms with Crippen molar-refractivity contribution >= 4 is 17.3 Å². The molecule has 18 heavy (non-hydrogen) atoms. The lowest BCUT2D eigenvalue weighted by Crippen LogP contribution is -1.95. The van der Waals surface area contributed by atoms with Crippen LogP contribution in [0.3, 0.4) is 0 Å². The zero-order chi connectivity index (χ0) is 13.3. The predicted octanol–water partition coefficient (Wildman–Crippen LogP) is 4.47. The Morgan fingerprint density at radius 2 is 1.83 bits per heavy atom. The molecule has 0 radical (unpaired) electrons. The fourth-order valence-electron chi connectivity index (χ4n) is 1.57. The quantitative estimate of drug-likeness (QED) is 0.813. The van der Waals surface area contributed by atoms with Gasteiger partial charge in [0.05, 0.1) is 10.7 Å². The topological polar surface area (TPSA) is 35.2 Å². The number of hydrogen-bond acceptors (Lipinski definition) is 2. The molecule has 0 aromatic heterocycles. The van der Waals surface area contributed by atoms with Gasteiger partial charge in [-0.15, -0.1) is 0 Å². The van der Waals surface area contributed by atoms with E-state index in [1.807, 2.05) is 13.0 Å². The first-order valence-electron chi connectivity index (χ1n) is 5.47. The van der Waals surface area contributed by atoms with E-state index in [4.69, 9.17) is 22.1 Å². The van der Waals surface area contributed by atoms with Gasteiger partial charge in [0.2, 0.25) is 0 Å². The maximum absolute atomic E-state index is 13.3. The second-order valence-electron chi connectivity index (χ2n) is 4.18. The lowest BCUT2D eigenvalue weighted by Gasteiger charge is -2.11. The van der Waals surface area contributed by atoms with Crippen LogP contribution in [0.25, 0.3) is 0 Å². The molecule has 0 fully saturated rings. The molecule has 4 heteroatoms. The molecule has 2 aromatic carbocycles. The van der Waals surface area contributed by atoms with Gasteiger partial charge in [0.15, 0.2) is 5.75 Å². The molecule has 2 rings (SSSR count). The molecular formula is C14H13ClFNO. The number of hydrogen-bond donors (Lipinski definition) is 1. The third-order valence-corrected chi connectivity index (χ3v) is 2.89.